The van der Waals surface area contributed by atoms with Gasteiger partial charge in [-0.25, -0.2) is 4.57 Å². The molecule has 0 aliphatic heterocycles. The molecule has 1 amide bonds. The number of aryl methyl sites for hydroxylation is 1. The molecule has 0 spiro atoms. The highest BCUT2D eigenvalue weighted by atomic mass is 16.2. The number of carbonyl (C=O) groups excluding carboxylic acids is 1. The second-order valence-electron chi connectivity index (χ2n) is 4.42. The first kappa shape index (κ1) is 15.8. The highest BCUT2D eigenvalue weighted by molar-refractivity contribution is 5.93. The minimum Gasteiger partial charge on any atom is -0.400 e. The molecule has 20 heavy (non-hydrogen) atoms. The molecule has 108 valence electrons. The number of aromatic nitrogens is 1. The van der Waals surface area contributed by atoms with Gasteiger partial charge in [-0.1, -0.05) is 13.0 Å². The van der Waals surface area contributed by atoms with Crippen molar-refractivity contribution in [2.75, 3.05) is 13.6 Å². The van der Waals surface area contributed by atoms with Crippen LogP contribution in [-0.2, 0) is 11.8 Å². The molecule has 2 N–H and O–H groups in total. The summed E-state index contributed by atoms with van der Waals surface area (Å²) in [7, 11) is 3.57. The van der Waals surface area contributed by atoms with Crippen LogP contribution in [0.1, 0.15) is 20.3 Å². The lowest BCUT2D eigenvalue weighted by molar-refractivity contribution is -0.658. The van der Waals surface area contributed by atoms with E-state index in [-0.39, 0.29) is 11.6 Å². The molecule has 0 unspecified atom stereocenters. The van der Waals surface area contributed by atoms with Gasteiger partial charge in [-0.05, 0) is 24.5 Å². The molecular weight excluding hydrogens is 254 g/mol. The number of likely N-dealkylation sites (N-methyl/N-ethyl adjacent to an activating group) is 1. The fourth-order valence-electron chi connectivity index (χ4n) is 1.46. The lowest BCUT2D eigenvalue weighted by Gasteiger charge is -2.14. The Labute approximate surface area is 119 Å². The van der Waals surface area contributed by atoms with E-state index in [1.165, 1.54) is 0 Å². The largest absolute Gasteiger partial charge is 0.400 e. The van der Waals surface area contributed by atoms with E-state index < -0.39 is 0 Å². The topological polar surface area (TPSA) is 74.9 Å². The molecule has 0 fully saturated rings. The highest BCUT2D eigenvalue weighted by Gasteiger charge is 2.19. The van der Waals surface area contributed by atoms with Gasteiger partial charge < -0.3 is 10.6 Å². The predicted octanol–water partition coefficient (Wildman–Crippen LogP) is 1.65. The monoisotopic (exact) mass is 276 g/mol. The Balaban J connectivity index is 3.10. The quantitative estimate of drug-likeness (QED) is 0.504. The van der Waals surface area contributed by atoms with Crippen LogP contribution in [0.3, 0.4) is 0 Å². The summed E-state index contributed by atoms with van der Waals surface area (Å²) in [6.07, 6.45) is 2.42. The maximum Gasteiger partial charge on any atom is 0.350 e. The Morgan fingerprint density at radius 3 is 2.65 bits per heavy atom. The zero-order valence-electron chi connectivity index (χ0n) is 12.5. The SMILES string of the molecule is CC/C(N)=C(/N=N/c1cccc[n+]1C)C(=O)N(C)CC. The molecule has 0 aliphatic carbocycles. The van der Waals surface area contributed by atoms with Gasteiger partial charge in [0.25, 0.3) is 5.91 Å². The first-order valence-corrected chi connectivity index (χ1v) is 6.61. The van der Waals surface area contributed by atoms with E-state index in [2.05, 4.69) is 10.2 Å². The number of nitrogens with two attached hydrogens (primary N) is 1. The van der Waals surface area contributed by atoms with Crippen LogP contribution in [0.2, 0.25) is 0 Å². The molecule has 0 radical (unpaired) electrons. The molecule has 6 heteroatoms. The maximum absolute atomic E-state index is 12.2. The summed E-state index contributed by atoms with van der Waals surface area (Å²) in [6.45, 7) is 4.37. The summed E-state index contributed by atoms with van der Waals surface area (Å²) in [4.78, 5) is 13.8. The minimum absolute atomic E-state index is 0.209. The number of hydrogen-bond donors (Lipinski definition) is 1. The lowest BCUT2D eigenvalue weighted by Crippen LogP contribution is -2.29. The molecule has 1 heterocycles. The van der Waals surface area contributed by atoms with Gasteiger partial charge in [0.05, 0.1) is 18.4 Å². The van der Waals surface area contributed by atoms with Crippen LogP contribution in [0.5, 0.6) is 0 Å². The maximum atomic E-state index is 12.2. The molecule has 0 saturated heterocycles. The third kappa shape index (κ3) is 3.88. The Bertz CT molecular complexity index is 536. The van der Waals surface area contributed by atoms with Crippen molar-refractivity contribution in [3.63, 3.8) is 0 Å². The number of azo groups is 1. The fourth-order valence-corrected chi connectivity index (χ4v) is 1.46. The summed E-state index contributed by atoms with van der Waals surface area (Å²) in [5.41, 5.74) is 6.54. The zero-order chi connectivity index (χ0) is 15.1. The van der Waals surface area contributed by atoms with E-state index in [1.807, 2.05) is 49.9 Å². The summed E-state index contributed by atoms with van der Waals surface area (Å²) in [5, 5.41) is 8.18. The minimum atomic E-state index is -0.214. The number of rotatable bonds is 5. The number of amides is 1. The Morgan fingerprint density at radius 2 is 2.10 bits per heavy atom. The molecule has 0 saturated carbocycles. The smallest absolute Gasteiger partial charge is 0.350 e. The predicted molar refractivity (Wildman–Crippen MR) is 76.9 cm³/mol. The summed E-state index contributed by atoms with van der Waals surface area (Å²) in [5.74, 6) is 0.440. The van der Waals surface area contributed by atoms with Crippen LogP contribution in [0, 0.1) is 0 Å². The fraction of sp³-hybridized carbons (Fsp3) is 0.429. The second-order valence-corrected chi connectivity index (χ2v) is 4.42. The molecule has 0 atom stereocenters. The van der Waals surface area contributed by atoms with E-state index in [4.69, 9.17) is 5.73 Å². The molecule has 0 bridgehead atoms. The number of hydrogen-bond acceptors (Lipinski definition) is 4. The normalized spacial score (nSPS) is 12.4. The van der Waals surface area contributed by atoms with Gasteiger partial charge in [0, 0.05) is 25.4 Å². The first-order chi connectivity index (χ1) is 9.51. The van der Waals surface area contributed by atoms with Gasteiger partial charge in [0.2, 0.25) is 0 Å². The van der Waals surface area contributed by atoms with E-state index in [0.29, 0.717) is 24.5 Å². The molecule has 0 aromatic carbocycles. The van der Waals surface area contributed by atoms with Gasteiger partial charge in [-0.3, -0.25) is 4.79 Å². The van der Waals surface area contributed by atoms with Crippen LogP contribution in [-0.4, -0.2) is 24.4 Å². The van der Waals surface area contributed by atoms with E-state index >= 15 is 0 Å². The van der Waals surface area contributed by atoms with Crippen molar-refractivity contribution in [3.05, 3.63) is 35.8 Å². The Kier molecular flexibility index (Phi) is 5.83. The molecule has 1 rings (SSSR count). The third-order valence-corrected chi connectivity index (χ3v) is 2.99. The van der Waals surface area contributed by atoms with Crippen molar-refractivity contribution in [3.8, 4) is 0 Å². The van der Waals surface area contributed by atoms with Crippen molar-refractivity contribution in [2.24, 2.45) is 23.0 Å². The third-order valence-electron chi connectivity index (χ3n) is 2.99. The first-order valence-electron chi connectivity index (χ1n) is 6.61. The van der Waals surface area contributed by atoms with Gasteiger partial charge in [0.15, 0.2) is 5.70 Å². The second kappa shape index (κ2) is 7.37. The van der Waals surface area contributed by atoms with Crippen molar-refractivity contribution < 1.29 is 9.36 Å². The average molecular weight is 276 g/mol. The van der Waals surface area contributed by atoms with E-state index in [1.54, 1.807) is 11.9 Å². The Morgan fingerprint density at radius 1 is 1.40 bits per heavy atom. The van der Waals surface area contributed by atoms with Gasteiger partial charge >= 0.3 is 5.82 Å². The van der Waals surface area contributed by atoms with Gasteiger partial charge in [0.1, 0.15) is 0 Å². The molecule has 0 aliphatic rings. The number of pyridine rings is 1. The summed E-state index contributed by atoms with van der Waals surface area (Å²) in [6, 6.07) is 5.57. The van der Waals surface area contributed by atoms with Crippen LogP contribution in [0.25, 0.3) is 0 Å². The average Bonchev–Trinajstić information content (AvgIpc) is 2.47. The number of nitrogens with zero attached hydrogens (tertiary/aromatic N) is 4. The van der Waals surface area contributed by atoms with Crippen LogP contribution >= 0.6 is 0 Å². The van der Waals surface area contributed by atoms with Gasteiger partial charge in [-0.15, -0.1) is 0 Å². The molecular formula is C14H22N5O+. The van der Waals surface area contributed by atoms with Crippen molar-refractivity contribution in [1.82, 2.24) is 4.90 Å². The zero-order valence-corrected chi connectivity index (χ0v) is 12.5. The molecule has 6 nitrogen and oxygen atoms in total. The van der Waals surface area contributed by atoms with Crippen molar-refractivity contribution in [1.29, 1.82) is 0 Å². The molecule has 1 aromatic rings. The number of allylic oxidation sites excluding steroid dienone is 1. The van der Waals surface area contributed by atoms with Crippen LogP contribution in [0.4, 0.5) is 5.82 Å². The van der Waals surface area contributed by atoms with Crippen LogP contribution in [0.15, 0.2) is 46.0 Å². The van der Waals surface area contributed by atoms with Gasteiger partial charge in [-0.2, -0.15) is 0 Å². The van der Waals surface area contributed by atoms with E-state index in [9.17, 15) is 4.79 Å². The summed E-state index contributed by atoms with van der Waals surface area (Å²) < 4.78 is 1.82. The molecule has 1 aromatic heterocycles. The van der Waals surface area contributed by atoms with Crippen LogP contribution < -0.4 is 10.3 Å². The highest BCUT2D eigenvalue weighted by Crippen LogP contribution is 2.13. The Hall–Kier alpha value is -2.24. The lowest BCUT2D eigenvalue weighted by atomic mass is 10.2. The van der Waals surface area contributed by atoms with E-state index in [0.717, 1.165) is 0 Å². The van der Waals surface area contributed by atoms with Crippen molar-refractivity contribution >= 4 is 11.7 Å². The number of carbonyl (C=O) groups is 1. The summed E-state index contributed by atoms with van der Waals surface area (Å²) >= 11 is 0. The standard InChI is InChI=1S/C14H21N5O/c1-5-11(15)13(14(20)18(3)6-2)17-16-12-9-7-8-10-19(12)4/h7-10,15H,5-6H2,1-4H3/p+1. The van der Waals surface area contributed by atoms with Crippen molar-refractivity contribution in [2.45, 2.75) is 20.3 Å².